The Hall–Kier alpha value is -0.780. The summed E-state index contributed by atoms with van der Waals surface area (Å²) in [5, 5.41) is 8.51. The Labute approximate surface area is 110 Å². The molecule has 0 amide bonds. The zero-order valence-corrected chi connectivity index (χ0v) is 12.1. The van der Waals surface area contributed by atoms with E-state index in [0.717, 1.165) is 37.1 Å². The van der Waals surface area contributed by atoms with E-state index in [1.165, 1.54) is 0 Å². The molecule has 0 N–H and O–H groups in total. The van der Waals surface area contributed by atoms with Gasteiger partial charge in [0.1, 0.15) is 0 Å². The highest BCUT2D eigenvalue weighted by atomic mass is 16.5. The van der Waals surface area contributed by atoms with Crippen molar-refractivity contribution >= 4 is 11.4 Å². The highest BCUT2D eigenvalue weighted by Gasteiger charge is 2.01. The number of nitrogens with zero attached hydrogens (tertiary/aromatic N) is 2. The number of methoxy groups -OCH3 is 3. The Morgan fingerprint density at radius 3 is 1.83 bits per heavy atom. The van der Waals surface area contributed by atoms with Crippen LogP contribution in [0.3, 0.4) is 0 Å². The minimum Gasteiger partial charge on any atom is -0.384 e. The van der Waals surface area contributed by atoms with E-state index in [2.05, 4.69) is 17.1 Å². The first-order valence-corrected chi connectivity index (χ1v) is 6.36. The predicted molar refractivity (Wildman–Crippen MR) is 74.6 cm³/mol. The SMILES string of the molecule is CCCC/C(COC)=N\N=C(/CCOC)COC. The molecule has 0 atom stereocenters. The fraction of sp³-hybridized carbons (Fsp3) is 0.846. The van der Waals surface area contributed by atoms with E-state index < -0.39 is 0 Å². The fourth-order valence-electron chi connectivity index (χ4n) is 1.38. The van der Waals surface area contributed by atoms with Crippen molar-refractivity contribution < 1.29 is 14.2 Å². The highest BCUT2D eigenvalue weighted by molar-refractivity contribution is 5.89. The lowest BCUT2D eigenvalue weighted by atomic mass is 10.2. The molecule has 0 unspecified atom stereocenters. The van der Waals surface area contributed by atoms with E-state index in [0.29, 0.717) is 19.8 Å². The van der Waals surface area contributed by atoms with Crippen LogP contribution in [0.25, 0.3) is 0 Å². The van der Waals surface area contributed by atoms with Gasteiger partial charge >= 0.3 is 0 Å². The number of rotatable bonds is 11. The van der Waals surface area contributed by atoms with E-state index in [4.69, 9.17) is 14.2 Å². The standard InChI is InChI=1S/C13H26N2O3/c1-5-6-7-12(10-17-3)14-15-13(11-18-4)8-9-16-2/h5-11H2,1-4H3/b14-12+,15-13+. The Bertz CT molecular complexity index is 227. The molecular weight excluding hydrogens is 232 g/mol. The van der Waals surface area contributed by atoms with Crippen molar-refractivity contribution in [1.82, 2.24) is 0 Å². The van der Waals surface area contributed by atoms with Crippen molar-refractivity contribution in [2.45, 2.75) is 32.6 Å². The number of hydrogen-bond donors (Lipinski definition) is 0. The number of hydrogen-bond acceptors (Lipinski definition) is 5. The Kier molecular flexibility index (Phi) is 12.1. The van der Waals surface area contributed by atoms with Crippen LogP contribution in [0.15, 0.2) is 10.2 Å². The van der Waals surface area contributed by atoms with Gasteiger partial charge in [-0.3, -0.25) is 0 Å². The maximum atomic E-state index is 5.12. The van der Waals surface area contributed by atoms with Crippen molar-refractivity contribution in [2.24, 2.45) is 10.2 Å². The number of unbranched alkanes of at least 4 members (excludes halogenated alkanes) is 1. The fourth-order valence-corrected chi connectivity index (χ4v) is 1.38. The van der Waals surface area contributed by atoms with Gasteiger partial charge in [0.15, 0.2) is 0 Å². The van der Waals surface area contributed by atoms with Gasteiger partial charge in [0, 0.05) is 27.8 Å². The second-order valence-corrected chi connectivity index (χ2v) is 4.04. The van der Waals surface area contributed by atoms with Gasteiger partial charge in [-0.1, -0.05) is 13.3 Å². The zero-order chi connectivity index (χ0) is 13.6. The molecule has 0 saturated heterocycles. The lowest BCUT2D eigenvalue weighted by Crippen LogP contribution is -2.11. The van der Waals surface area contributed by atoms with Crippen LogP contribution in [0, 0.1) is 0 Å². The van der Waals surface area contributed by atoms with Crippen molar-refractivity contribution in [2.75, 3.05) is 41.2 Å². The summed E-state index contributed by atoms with van der Waals surface area (Å²) in [6.07, 6.45) is 3.91. The molecule has 0 aliphatic rings. The third kappa shape index (κ3) is 9.27. The molecular formula is C13H26N2O3. The largest absolute Gasteiger partial charge is 0.384 e. The summed E-state index contributed by atoms with van der Waals surface area (Å²) in [5.41, 5.74) is 1.87. The van der Waals surface area contributed by atoms with Crippen LogP contribution in [0.2, 0.25) is 0 Å². The summed E-state index contributed by atoms with van der Waals surface area (Å²) in [6, 6.07) is 0. The molecule has 106 valence electrons. The minimum atomic E-state index is 0.487. The van der Waals surface area contributed by atoms with Gasteiger partial charge < -0.3 is 14.2 Å². The smallest absolute Gasteiger partial charge is 0.0864 e. The monoisotopic (exact) mass is 258 g/mol. The summed E-state index contributed by atoms with van der Waals surface area (Å²) in [4.78, 5) is 0. The van der Waals surface area contributed by atoms with Crippen molar-refractivity contribution in [1.29, 1.82) is 0 Å². The lowest BCUT2D eigenvalue weighted by Gasteiger charge is -2.05. The van der Waals surface area contributed by atoms with E-state index >= 15 is 0 Å². The predicted octanol–water partition coefficient (Wildman–Crippen LogP) is 2.30. The van der Waals surface area contributed by atoms with Crippen LogP contribution in [0.1, 0.15) is 32.6 Å². The molecule has 0 fully saturated rings. The first-order chi connectivity index (χ1) is 8.78. The second kappa shape index (κ2) is 12.7. The minimum absolute atomic E-state index is 0.487. The molecule has 0 aromatic heterocycles. The molecule has 0 aliphatic carbocycles. The maximum Gasteiger partial charge on any atom is 0.0864 e. The van der Waals surface area contributed by atoms with Gasteiger partial charge in [-0.15, -0.1) is 0 Å². The first-order valence-electron chi connectivity index (χ1n) is 6.36. The van der Waals surface area contributed by atoms with Crippen molar-refractivity contribution in [3.05, 3.63) is 0 Å². The van der Waals surface area contributed by atoms with Crippen LogP contribution in [0.4, 0.5) is 0 Å². The van der Waals surface area contributed by atoms with Gasteiger partial charge in [-0.25, -0.2) is 0 Å². The average molecular weight is 258 g/mol. The van der Waals surface area contributed by atoms with E-state index in [-0.39, 0.29) is 0 Å². The number of ether oxygens (including phenoxy) is 3. The van der Waals surface area contributed by atoms with Gasteiger partial charge in [0.05, 0.1) is 31.2 Å². The van der Waals surface area contributed by atoms with E-state index in [1.54, 1.807) is 21.3 Å². The van der Waals surface area contributed by atoms with Crippen LogP contribution < -0.4 is 0 Å². The third-order valence-corrected chi connectivity index (χ3v) is 2.37. The highest BCUT2D eigenvalue weighted by Crippen LogP contribution is 2.00. The molecule has 5 nitrogen and oxygen atoms in total. The summed E-state index contributed by atoms with van der Waals surface area (Å²) in [6.45, 7) is 3.81. The van der Waals surface area contributed by atoms with Crippen LogP contribution >= 0.6 is 0 Å². The average Bonchev–Trinajstić information content (AvgIpc) is 2.38. The first kappa shape index (κ1) is 17.2. The molecule has 5 heteroatoms. The maximum absolute atomic E-state index is 5.12. The van der Waals surface area contributed by atoms with Crippen LogP contribution in [-0.4, -0.2) is 52.6 Å². The normalized spacial score (nSPS) is 13.1. The summed E-state index contributed by atoms with van der Waals surface area (Å²) >= 11 is 0. The lowest BCUT2D eigenvalue weighted by molar-refractivity contribution is 0.201. The summed E-state index contributed by atoms with van der Waals surface area (Å²) in [7, 11) is 5.00. The van der Waals surface area contributed by atoms with Gasteiger partial charge in [-0.05, 0) is 12.8 Å². The molecule has 18 heavy (non-hydrogen) atoms. The van der Waals surface area contributed by atoms with Gasteiger partial charge in [0.2, 0.25) is 0 Å². The molecule has 0 bridgehead atoms. The third-order valence-electron chi connectivity index (χ3n) is 2.37. The van der Waals surface area contributed by atoms with Crippen molar-refractivity contribution in [3.8, 4) is 0 Å². The molecule has 0 aromatic carbocycles. The van der Waals surface area contributed by atoms with Gasteiger partial charge in [-0.2, -0.15) is 10.2 Å². The molecule has 0 saturated carbocycles. The van der Waals surface area contributed by atoms with Gasteiger partial charge in [0.25, 0.3) is 0 Å². The Morgan fingerprint density at radius 2 is 1.39 bits per heavy atom. The zero-order valence-electron chi connectivity index (χ0n) is 12.1. The topological polar surface area (TPSA) is 52.4 Å². The summed E-state index contributed by atoms with van der Waals surface area (Å²) < 4.78 is 15.2. The Balaban J connectivity index is 4.48. The Morgan fingerprint density at radius 1 is 0.833 bits per heavy atom. The summed E-state index contributed by atoms with van der Waals surface area (Å²) in [5.74, 6) is 0. The molecule has 0 heterocycles. The van der Waals surface area contributed by atoms with E-state index in [9.17, 15) is 0 Å². The molecule has 0 rings (SSSR count). The van der Waals surface area contributed by atoms with E-state index in [1.807, 2.05) is 0 Å². The van der Waals surface area contributed by atoms with Crippen molar-refractivity contribution in [3.63, 3.8) is 0 Å². The molecule has 0 spiro atoms. The quantitative estimate of drug-likeness (QED) is 0.422. The van der Waals surface area contributed by atoms with Crippen LogP contribution in [-0.2, 0) is 14.2 Å². The molecule has 0 aliphatic heterocycles. The van der Waals surface area contributed by atoms with Crippen LogP contribution in [0.5, 0.6) is 0 Å². The second-order valence-electron chi connectivity index (χ2n) is 4.04. The molecule has 0 aromatic rings. The molecule has 0 radical (unpaired) electrons.